The van der Waals surface area contributed by atoms with Crippen LogP contribution in [0.1, 0.15) is 58.8 Å². The Morgan fingerprint density at radius 3 is 2.63 bits per heavy atom. The highest BCUT2D eigenvalue weighted by molar-refractivity contribution is 8.00. The van der Waals surface area contributed by atoms with Crippen molar-refractivity contribution in [3.63, 3.8) is 0 Å². The lowest BCUT2D eigenvalue weighted by Gasteiger charge is -2.34. The molecule has 2 aliphatic rings. The molecule has 1 saturated carbocycles. The summed E-state index contributed by atoms with van der Waals surface area (Å²) in [6.07, 6.45) is 9.91. The summed E-state index contributed by atoms with van der Waals surface area (Å²) in [4.78, 5) is 2.69. The molecule has 2 nitrogen and oxygen atoms in total. The van der Waals surface area contributed by atoms with Crippen LogP contribution in [0.15, 0.2) is 0 Å². The minimum atomic E-state index is 0.457. The molecule has 1 aliphatic carbocycles. The Bertz CT molecular complexity index is 261. The van der Waals surface area contributed by atoms with Crippen molar-refractivity contribution >= 4 is 11.8 Å². The monoisotopic (exact) mass is 284 g/mol. The van der Waals surface area contributed by atoms with Gasteiger partial charge >= 0.3 is 0 Å². The smallest absolute Gasteiger partial charge is 0.0221 e. The molecule has 2 fully saturated rings. The molecule has 1 heterocycles. The van der Waals surface area contributed by atoms with Gasteiger partial charge in [0.2, 0.25) is 0 Å². The molecule has 2 N–H and O–H groups in total. The lowest BCUT2D eigenvalue weighted by atomic mass is 9.84. The molecule has 19 heavy (non-hydrogen) atoms. The minimum Gasteiger partial charge on any atom is -0.329 e. The molecule has 1 saturated heterocycles. The second-order valence-corrected chi connectivity index (χ2v) is 8.83. The van der Waals surface area contributed by atoms with Gasteiger partial charge in [0.05, 0.1) is 0 Å². The zero-order chi connectivity index (χ0) is 13.7. The van der Waals surface area contributed by atoms with Crippen LogP contribution >= 0.6 is 11.8 Å². The van der Waals surface area contributed by atoms with Gasteiger partial charge in [0.15, 0.2) is 0 Å². The van der Waals surface area contributed by atoms with E-state index in [1.165, 1.54) is 63.8 Å². The van der Waals surface area contributed by atoms with Gasteiger partial charge in [0.1, 0.15) is 0 Å². The molecule has 0 amide bonds. The molecule has 1 atom stereocenters. The van der Waals surface area contributed by atoms with E-state index in [0.29, 0.717) is 10.8 Å². The van der Waals surface area contributed by atoms with Crippen LogP contribution in [0.5, 0.6) is 0 Å². The van der Waals surface area contributed by atoms with Gasteiger partial charge in [-0.2, -0.15) is 11.8 Å². The first-order valence-corrected chi connectivity index (χ1v) is 9.17. The van der Waals surface area contributed by atoms with Crippen LogP contribution in [0.25, 0.3) is 0 Å². The van der Waals surface area contributed by atoms with Crippen molar-refractivity contribution in [3.05, 3.63) is 0 Å². The first kappa shape index (κ1) is 15.7. The minimum absolute atomic E-state index is 0.457. The first-order chi connectivity index (χ1) is 9.11. The third-order valence-corrected chi connectivity index (χ3v) is 6.36. The average molecular weight is 285 g/mol. The Labute approximate surface area is 123 Å². The van der Waals surface area contributed by atoms with Crippen LogP contribution < -0.4 is 5.73 Å². The summed E-state index contributed by atoms with van der Waals surface area (Å²) in [6, 6.07) is 0.637. The third-order valence-electron chi connectivity index (χ3n) is 4.99. The number of hydrogen-bond acceptors (Lipinski definition) is 3. The van der Waals surface area contributed by atoms with Crippen LogP contribution in [-0.2, 0) is 0 Å². The maximum Gasteiger partial charge on any atom is 0.0221 e. The molecule has 0 spiro atoms. The van der Waals surface area contributed by atoms with E-state index in [4.69, 9.17) is 5.73 Å². The fraction of sp³-hybridized carbons (Fsp3) is 1.00. The van der Waals surface area contributed by atoms with E-state index >= 15 is 0 Å². The molecule has 3 heteroatoms. The van der Waals surface area contributed by atoms with Gasteiger partial charge in [0.25, 0.3) is 0 Å². The van der Waals surface area contributed by atoms with E-state index in [1.807, 2.05) is 0 Å². The number of hydrogen-bond donors (Lipinski definition) is 1. The molecule has 0 radical (unpaired) electrons. The van der Waals surface area contributed by atoms with Gasteiger partial charge in [0, 0.05) is 29.6 Å². The molecular formula is C16H32N2S. The van der Waals surface area contributed by atoms with Gasteiger partial charge in [-0.1, -0.05) is 46.0 Å². The summed E-state index contributed by atoms with van der Waals surface area (Å²) in [7, 11) is 0. The van der Waals surface area contributed by atoms with Gasteiger partial charge < -0.3 is 5.73 Å². The summed E-state index contributed by atoms with van der Waals surface area (Å²) in [5.41, 5.74) is 6.09. The first-order valence-electron chi connectivity index (χ1n) is 8.19. The van der Waals surface area contributed by atoms with Gasteiger partial charge in [-0.05, 0) is 25.3 Å². The highest BCUT2D eigenvalue weighted by Gasteiger charge is 2.28. The van der Waals surface area contributed by atoms with Gasteiger partial charge in [-0.15, -0.1) is 0 Å². The fourth-order valence-electron chi connectivity index (χ4n) is 3.60. The fourth-order valence-corrected chi connectivity index (χ4v) is 4.72. The Kier molecular flexibility index (Phi) is 6.04. The predicted octanol–water partition coefficient (Wildman–Crippen LogP) is 3.50. The summed E-state index contributed by atoms with van der Waals surface area (Å²) in [6.45, 7) is 8.11. The summed E-state index contributed by atoms with van der Waals surface area (Å²) in [5, 5.41) is 0. The van der Waals surface area contributed by atoms with E-state index in [2.05, 4.69) is 30.5 Å². The topological polar surface area (TPSA) is 29.3 Å². The molecule has 0 aromatic rings. The number of nitrogens with two attached hydrogens (primary N) is 1. The molecule has 0 aromatic carbocycles. The standard InChI is InChI=1S/C16H32N2S/c1-16(2)8-9-18(10-11-19-16)15(13-17)12-14-6-4-3-5-7-14/h14-15H,3-13,17H2,1-2H3. The zero-order valence-electron chi connectivity index (χ0n) is 12.9. The van der Waals surface area contributed by atoms with Crippen molar-refractivity contribution in [3.8, 4) is 0 Å². The Hall–Kier alpha value is 0.270. The van der Waals surface area contributed by atoms with E-state index in [0.717, 1.165) is 12.5 Å². The third kappa shape index (κ3) is 4.95. The summed E-state index contributed by atoms with van der Waals surface area (Å²) >= 11 is 2.14. The maximum atomic E-state index is 6.09. The Balaban J connectivity index is 1.85. The number of thioether (sulfide) groups is 1. The molecule has 0 bridgehead atoms. The molecule has 112 valence electrons. The van der Waals surface area contributed by atoms with E-state index < -0.39 is 0 Å². The molecule has 2 rings (SSSR count). The van der Waals surface area contributed by atoms with Crippen molar-refractivity contribution in [2.75, 3.05) is 25.4 Å². The average Bonchev–Trinajstić information content (AvgIpc) is 2.58. The molecule has 1 aliphatic heterocycles. The van der Waals surface area contributed by atoms with E-state index in [1.54, 1.807) is 0 Å². The van der Waals surface area contributed by atoms with Crippen LogP contribution in [0.2, 0.25) is 0 Å². The van der Waals surface area contributed by atoms with Crippen molar-refractivity contribution < 1.29 is 0 Å². The van der Waals surface area contributed by atoms with Crippen molar-refractivity contribution in [1.29, 1.82) is 0 Å². The second kappa shape index (κ2) is 7.33. The molecule has 1 unspecified atom stereocenters. The van der Waals surface area contributed by atoms with Crippen molar-refractivity contribution in [1.82, 2.24) is 4.90 Å². The second-order valence-electron chi connectivity index (χ2n) is 7.02. The molecule has 0 aromatic heterocycles. The largest absolute Gasteiger partial charge is 0.329 e. The predicted molar refractivity (Wildman–Crippen MR) is 86.8 cm³/mol. The van der Waals surface area contributed by atoms with E-state index in [9.17, 15) is 0 Å². The number of nitrogens with zero attached hydrogens (tertiary/aromatic N) is 1. The normalized spacial score (nSPS) is 27.9. The summed E-state index contributed by atoms with van der Waals surface area (Å²) in [5.74, 6) is 2.22. The van der Waals surface area contributed by atoms with Crippen LogP contribution in [0, 0.1) is 5.92 Å². The highest BCUT2D eigenvalue weighted by Crippen LogP contribution is 2.33. The Morgan fingerprint density at radius 2 is 1.95 bits per heavy atom. The number of rotatable bonds is 4. The van der Waals surface area contributed by atoms with Crippen LogP contribution in [0.4, 0.5) is 0 Å². The van der Waals surface area contributed by atoms with Crippen LogP contribution in [0.3, 0.4) is 0 Å². The SMILES string of the molecule is CC1(C)CCN(C(CN)CC2CCCCC2)CCS1. The highest BCUT2D eigenvalue weighted by atomic mass is 32.2. The van der Waals surface area contributed by atoms with Crippen molar-refractivity contribution in [2.45, 2.75) is 69.6 Å². The summed E-state index contributed by atoms with van der Waals surface area (Å²) < 4.78 is 0.457. The van der Waals surface area contributed by atoms with Gasteiger partial charge in [-0.25, -0.2) is 0 Å². The lowest BCUT2D eigenvalue weighted by molar-refractivity contribution is 0.166. The molecular weight excluding hydrogens is 252 g/mol. The maximum absolute atomic E-state index is 6.09. The Morgan fingerprint density at radius 1 is 1.21 bits per heavy atom. The quantitative estimate of drug-likeness (QED) is 0.857. The lowest BCUT2D eigenvalue weighted by Crippen LogP contribution is -2.43. The van der Waals surface area contributed by atoms with Gasteiger partial charge in [-0.3, -0.25) is 4.90 Å². The van der Waals surface area contributed by atoms with E-state index in [-0.39, 0.29) is 0 Å². The van der Waals surface area contributed by atoms with Crippen molar-refractivity contribution in [2.24, 2.45) is 11.7 Å². The van der Waals surface area contributed by atoms with Crippen LogP contribution in [-0.4, -0.2) is 41.1 Å². The zero-order valence-corrected chi connectivity index (χ0v) is 13.7.